The number of anilines is 1. The standard InChI is InChI=1S/C34H42ClN3O5S/c1-4-5-15-34(40,16-17-36)29-11-8-26(29)20-38-21-33(14-6-7-24-18-27(35)10-12-28(24)33)22-43-31-13-9-25(19-30(31)38)32(39)37-44(41,42)23(2)3/h5,9-10,12-13,15,18-19,23,26,29,40H,4,6-8,11,14,16,20-22H2,1-3H3,(H,37,39)/b15-5+/t26-,29+,33-,34+/m0/s1. The molecule has 236 valence electrons. The predicted molar refractivity (Wildman–Crippen MR) is 173 cm³/mol. The molecular formula is C34H42ClN3O5S. The van der Waals surface area contributed by atoms with Crippen molar-refractivity contribution in [1.82, 2.24) is 4.72 Å². The number of fused-ring (bicyclic) bond motifs is 3. The van der Waals surface area contributed by atoms with Gasteiger partial charge in [-0.2, -0.15) is 5.26 Å². The maximum Gasteiger partial charge on any atom is 0.264 e. The number of aliphatic hydroxyl groups is 1. The lowest BCUT2D eigenvalue weighted by atomic mass is 9.63. The molecule has 1 amide bonds. The Balaban J connectivity index is 1.54. The minimum absolute atomic E-state index is 0.0249. The Kier molecular flexibility index (Phi) is 9.36. The van der Waals surface area contributed by atoms with Crippen molar-refractivity contribution in [3.8, 4) is 11.8 Å². The molecule has 2 N–H and O–H groups in total. The van der Waals surface area contributed by atoms with E-state index >= 15 is 0 Å². The van der Waals surface area contributed by atoms with Crippen LogP contribution in [0.4, 0.5) is 5.69 Å². The van der Waals surface area contributed by atoms with Crippen molar-refractivity contribution >= 4 is 33.2 Å². The second-order valence-electron chi connectivity index (χ2n) is 12.9. The van der Waals surface area contributed by atoms with Gasteiger partial charge in [-0.15, -0.1) is 0 Å². The van der Waals surface area contributed by atoms with Gasteiger partial charge in [-0.05, 0) is 106 Å². The number of allylic oxidation sites excluding steroid dienone is 1. The van der Waals surface area contributed by atoms with Crippen molar-refractivity contribution in [1.29, 1.82) is 5.26 Å². The highest BCUT2D eigenvalue weighted by Crippen LogP contribution is 2.48. The molecule has 0 radical (unpaired) electrons. The molecule has 10 heteroatoms. The van der Waals surface area contributed by atoms with Gasteiger partial charge in [-0.25, -0.2) is 13.1 Å². The monoisotopic (exact) mass is 639 g/mol. The molecule has 0 saturated heterocycles. The molecule has 2 aliphatic carbocycles. The van der Waals surface area contributed by atoms with Crippen molar-refractivity contribution < 1.29 is 23.1 Å². The van der Waals surface area contributed by atoms with E-state index in [1.807, 2.05) is 25.1 Å². The summed E-state index contributed by atoms with van der Waals surface area (Å²) in [5.74, 6) is -0.0495. The molecule has 1 fully saturated rings. The molecule has 2 aromatic rings. The summed E-state index contributed by atoms with van der Waals surface area (Å²) in [7, 11) is -3.81. The highest BCUT2D eigenvalue weighted by Gasteiger charge is 2.48. The minimum atomic E-state index is -3.81. The van der Waals surface area contributed by atoms with E-state index in [1.54, 1.807) is 24.3 Å². The molecule has 3 aliphatic rings. The Bertz CT molecular complexity index is 1590. The predicted octanol–water partition coefficient (Wildman–Crippen LogP) is 5.92. The van der Waals surface area contributed by atoms with Crippen LogP contribution >= 0.6 is 11.6 Å². The van der Waals surface area contributed by atoms with Crippen LogP contribution in [0.1, 0.15) is 80.8 Å². The molecule has 8 nitrogen and oxygen atoms in total. The molecule has 1 heterocycles. The summed E-state index contributed by atoms with van der Waals surface area (Å²) in [6.45, 7) is 6.71. The number of carbonyl (C=O) groups excluding carboxylic acids is 1. The lowest BCUT2D eigenvalue weighted by molar-refractivity contribution is -0.0417. The smallest absolute Gasteiger partial charge is 0.264 e. The summed E-state index contributed by atoms with van der Waals surface area (Å²) in [6, 6.07) is 13.3. The second kappa shape index (κ2) is 12.7. The maximum absolute atomic E-state index is 13.1. The number of benzene rings is 2. The van der Waals surface area contributed by atoms with Crippen LogP contribution in [0.15, 0.2) is 48.6 Å². The van der Waals surface area contributed by atoms with E-state index in [0.29, 0.717) is 30.5 Å². The molecule has 44 heavy (non-hydrogen) atoms. The Morgan fingerprint density at radius 1 is 1.30 bits per heavy atom. The molecule has 0 bridgehead atoms. The fraction of sp³-hybridized carbons (Fsp3) is 0.529. The second-order valence-corrected chi connectivity index (χ2v) is 15.6. The van der Waals surface area contributed by atoms with Crippen LogP contribution in [0.3, 0.4) is 0 Å². The maximum atomic E-state index is 13.1. The summed E-state index contributed by atoms with van der Waals surface area (Å²) < 4.78 is 33.7. The van der Waals surface area contributed by atoms with Crippen molar-refractivity contribution in [3.05, 3.63) is 70.3 Å². The number of hydrogen-bond donors (Lipinski definition) is 2. The number of aryl methyl sites for hydroxylation is 1. The Hall–Kier alpha value is -3.06. The number of ether oxygens (including phenoxy) is 1. The van der Waals surface area contributed by atoms with Gasteiger partial charge in [0, 0.05) is 29.1 Å². The zero-order chi connectivity index (χ0) is 31.7. The molecule has 1 spiro atoms. The number of nitrogens with one attached hydrogen (secondary N) is 1. The number of sulfonamides is 1. The molecule has 0 aromatic heterocycles. The summed E-state index contributed by atoms with van der Waals surface area (Å²) in [5.41, 5.74) is 1.83. The number of nitriles is 1. The average molecular weight is 640 g/mol. The Morgan fingerprint density at radius 3 is 2.77 bits per heavy atom. The van der Waals surface area contributed by atoms with Crippen LogP contribution in [0.2, 0.25) is 5.02 Å². The van der Waals surface area contributed by atoms with E-state index in [1.165, 1.54) is 25.0 Å². The van der Waals surface area contributed by atoms with Gasteiger partial charge in [0.05, 0.1) is 35.6 Å². The number of hydrogen-bond acceptors (Lipinski definition) is 7. The SMILES string of the molecule is CC/C=C/[C@@](O)(CC#N)[C@@H]1CC[C@H]1CN1C[C@@]2(CCCc3cc(Cl)ccc32)COc2ccc(C(=O)NS(=O)(=O)C(C)C)cc21. The van der Waals surface area contributed by atoms with Gasteiger partial charge in [-0.3, -0.25) is 4.79 Å². The third-order valence-electron chi connectivity index (χ3n) is 9.67. The fourth-order valence-corrected chi connectivity index (χ4v) is 7.86. The number of halogens is 1. The summed E-state index contributed by atoms with van der Waals surface area (Å²) >= 11 is 6.39. The summed E-state index contributed by atoms with van der Waals surface area (Å²) in [6.07, 6.45) is 9.07. The minimum Gasteiger partial charge on any atom is -0.490 e. The third kappa shape index (κ3) is 6.35. The van der Waals surface area contributed by atoms with E-state index in [4.69, 9.17) is 16.3 Å². The summed E-state index contributed by atoms with van der Waals surface area (Å²) in [5, 5.41) is 21.1. The van der Waals surface area contributed by atoms with E-state index in [2.05, 4.69) is 21.8 Å². The first-order valence-electron chi connectivity index (χ1n) is 15.5. The van der Waals surface area contributed by atoms with Crippen LogP contribution in [0, 0.1) is 23.2 Å². The Labute approximate surface area is 266 Å². The first-order chi connectivity index (χ1) is 20.9. The first kappa shape index (κ1) is 32.3. The van der Waals surface area contributed by atoms with E-state index < -0.39 is 26.8 Å². The van der Waals surface area contributed by atoms with Gasteiger partial charge in [0.2, 0.25) is 10.0 Å². The van der Waals surface area contributed by atoms with Gasteiger partial charge in [0.25, 0.3) is 5.91 Å². The largest absolute Gasteiger partial charge is 0.490 e. The van der Waals surface area contributed by atoms with Crippen molar-refractivity contribution in [3.63, 3.8) is 0 Å². The zero-order valence-electron chi connectivity index (χ0n) is 25.7. The molecular weight excluding hydrogens is 598 g/mol. The van der Waals surface area contributed by atoms with Crippen molar-refractivity contribution in [2.45, 2.75) is 82.0 Å². The van der Waals surface area contributed by atoms with Crippen LogP contribution in [0.25, 0.3) is 0 Å². The van der Waals surface area contributed by atoms with Gasteiger partial charge in [-0.1, -0.05) is 36.7 Å². The van der Waals surface area contributed by atoms with Gasteiger partial charge in [0.1, 0.15) is 5.75 Å². The van der Waals surface area contributed by atoms with E-state index in [0.717, 1.165) is 44.2 Å². The quantitative estimate of drug-likeness (QED) is 0.327. The van der Waals surface area contributed by atoms with Gasteiger partial charge < -0.3 is 14.7 Å². The molecule has 2 aromatic carbocycles. The van der Waals surface area contributed by atoms with E-state index in [-0.39, 0.29) is 29.2 Å². The Morgan fingerprint density at radius 2 is 2.09 bits per heavy atom. The highest BCUT2D eigenvalue weighted by atomic mass is 35.5. The molecule has 1 aliphatic heterocycles. The third-order valence-corrected chi connectivity index (χ3v) is 11.6. The van der Waals surface area contributed by atoms with Gasteiger partial charge in [0.15, 0.2) is 0 Å². The molecule has 0 unspecified atom stereocenters. The van der Waals surface area contributed by atoms with Gasteiger partial charge >= 0.3 is 0 Å². The van der Waals surface area contributed by atoms with Crippen LogP contribution < -0.4 is 14.4 Å². The average Bonchev–Trinajstić information content (AvgIpc) is 3.11. The molecule has 4 atom stereocenters. The van der Waals surface area contributed by atoms with Crippen molar-refractivity contribution in [2.24, 2.45) is 11.8 Å². The number of carbonyl (C=O) groups is 1. The van der Waals surface area contributed by atoms with Crippen molar-refractivity contribution in [2.75, 3.05) is 24.6 Å². The molecule has 1 saturated carbocycles. The topological polar surface area (TPSA) is 120 Å². The number of nitrogens with zero attached hydrogens (tertiary/aromatic N) is 2. The number of rotatable bonds is 9. The lowest BCUT2D eigenvalue weighted by Gasteiger charge is -2.48. The van der Waals surface area contributed by atoms with Crippen LogP contribution in [0.5, 0.6) is 5.75 Å². The van der Waals surface area contributed by atoms with E-state index in [9.17, 15) is 23.6 Å². The summed E-state index contributed by atoms with van der Waals surface area (Å²) in [4.78, 5) is 15.4. The fourth-order valence-electron chi connectivity index (χ4n) is 7.05. The molecule has 5 rings (SSSR count). The van der Waals surface area contributed by atoms with Crippen LogP contribution in [-0.2, 0) is 21.9 Å². The zero-order valence-corrected chi connectivity index (χ0v) is 27.3. The first-order valence-corrected chi connectivity index (χ1v) is 17.5. The number of amides is 1. The highest BCUT2D eigenvalue weighted by molar-refractivity contribution is 7.90. The van der Waals surface area contributed by atoms with Crippen LogP contribution in [-0.4, -0.2) is 50.0 Å². The lowest BCUT2D eigenvalue weighted by Crippen LogP contribution is -2.52. The normalized spacial score (nSPS) is 24.4.